The molecule has 1 aromatic rings. The molecule has 1 fully saturated rings. The van der Waals surface area contributed by atoms with Gasteiger partial charge in [-0.2, -0.15) is 14.7 Å². The van der Waals surface area contributed by atoms with Gasteiger partial charge in [-0.15, -0.1) is 0 Å². The summed E-state index contributed by atoms with van der Waals surface area (Å²) in [6.45, 7) is 2.11. The molecule has 1 aliphatic rings. The molecule has 7 nitrogen and oxygen atoms in total. The number of nitrogens with two attached hydrogens (primary N) is 1. The zero-order chi connectivity index (χ0) is 14.3. The van der Waals surface area contributed by atoms with E-state index in [4.69, 9.17) is 11.0 Å². The first-order valence-corrected chi connectivity index (χ1v) is 8.11. The van der Waals surface area contributed by atoms with E-state index in [1.165, 1.54) is 4.31 Å². The van der Waals surface area contributed by atoms with Crippen LogP contribution in [-0.2, 0) is 15.6 Å². The Bertz CT molecular complexity index is 607. The smallest absolute Gasteiger partial charge is 0.213 e. The predicted octanol–water partition coefficient (Wildman–Crippen LogP) is 0.502. The van der Waals surface area contributed by atoms with Gasteiger partial charge in [-0.05, 0) is 22.9 Å². The summed E-state index contributed by atoms with van der Waals surface area (Å²) < 4.78 is 27.1. The van der Waals surface area contributed by atoms with Crippen LogP contribution >= 0.6 is 15.9 Å². The van der Waals surface area contributed by atoms with Crippen molar-refractivity contribution in [3.8, 4) is 6.07 Å². The molecule has 0 aliphatic carbocycles. The largest absolute Gasteiger partial charge is 0.381 e. The summed E-state index contributed by atoms with van der Waals surface area (Å²) in [4.78, 5) is 0. The van der Waals surface area contributed by atoms with Crippen LogP contribution in [0, 0.1) is 11.3 Å². The van der Waals surface area contributed by atoms with Gasteiger partial charge in [0.2, 0.25) is 10.0 Å². The van der Waals surface area contributed by atoms with Gasteiger partial charge >= 0.3 is 0 Å². The third kappa shape index (κ3) is 2.35. The monoisotopic (exact) mass is 347 g/mol. The van der Waals surface area contributed by atoms with Crippen LogP contribution in [0.4, 0.5) is 5.82 Å². The molecule has 19 heavy (non-hydrogen) atoms. The van der Waals surface area contributed by atoms with Gasteiger partial charge < -0.3 is 5.73 Å². The molecule has 2 rings (SSSR count). The summed E-state index contributed by atoms with van der Waals surface area (Å²) in [6.07, 6.45) is 1.87. The molecular formula is C10H14BrN5O2S. The van der Waals surface area contributed by atoms with Gasteiger partial charge in [-0.3, -0.25) is 4.68 Å². The lowest BCUT2D eigenvalue weighted by molar-refractivity contribution is 0.0721. The van der Waals surface area contributed by atoms with Crippen LogP contribution < -0.4 is 5.73 Å². The highest BCUT2D eigenvalue weighted by molar-refractivity contribution is 9.10. The quantitative estimate of drug-likeness (QED) is 0.853. The third-order valence-electron chi connectivity index (χ3n) is 3.29. The van der Waals surface area contributed by atoms with Crippen molar-refractivity contribution in [1.82, 2.24) is 14.1 Å². The molecular weight excluding hydrogens is 334 g/mol. The molecule has 0 spiro atoms. The lowest BCUT2D eigenvalue weighted by Gasteiger charge is -2.47. The number of rotatable bonds is 4. The highest BCUT2D eigenvalue weighted by Crippen LogP contribution is 2.35. The summed E-state index contributed by atoms with van der Waals surface area (Å²) in [5.74, 6) is 0.384. The molecule has 2 heterocycles. The van der Waals surface area contributed by atoms with Crippen LogP contribution in [0.3, 0.4) is 0 Å². The number of nitrogens with zero attached hydrogens (tertiary/aromatic N) is 4. The molecule has 0 aromatic carbocycles. The Morgan fingerprint density at radius 1 is 1.63 bits per heavy atom. The Morgan fingerprint density at radius 2 is 2.26 bits per heavy atom. The zero-order valence-corrected chi connectivity index (χ0v) is 12.8. The van der Waals surface area contributed by atoms with Crippen molar-refractivity contribution in [1.29, 1.82) is 5.26 Å². The lowest BCUT2D eigenvalue weighted by atomic mass is 9.89. The second kappa shape index (κ2) is 4.77. The fraction of sp³-hybridized carbons (Fsp3) is 0.600. The summed E-state index contributed by atoms with van der Waals surface area (Å²) in [5, 5.41) is 13.1. The van der Waals surface area contributed by atoms with Gasteiger partial charge in [-0.1, -0.05) is 0 Å². The van der Waals surface area contributed by atoms with Gasteiger partial charge in [0.1, 0.15) is 5.54 Å². The van der Waals surface area contributed by atoms with E-state index in [2.05, 4.69) is 27.1 Å². The van der Waals surface area contributed by atoms with Gasteiger partial charge in [0.15, 0.2) is 5.82 Å². The second-order valence-corrected chi connectivity index (χ2v) is 7.65. The van der Waals surface area contributed by atoms with E-state index in [0.29, 0.717) is 10.3 Å². The molecule has 0 amide bonds. The van der Waals surface area contributed by atoms with E-state index in [0.717, 1.165) is 0 Å². The Hall–Kier alpha value is -1.11. The number of anilines is 1. The van der Waals surface area contributed by atoms with Crippen LogP contribution in [0.2, 0.25) is 0 Å². The molecule has 0 unspecified atom stereocenters. The number of hydrogen-bond donors (Lipinski definition) is 1. The molecule has 0 atom stereocenters. The summed E-state index contributed by atoms with van der Waals surface area (Å²) >= 11 is 3.26. The normalized spacial score (nSPS) is 18.8. The average Bonchev–Trinajstić information content (AvgIpc) is 2.63. The lowest BCUT2D eigenvalue weighted by Crippen LogP contribution is -2.64. The van der Waals surface area contributed by atoms with E-state index in [1.807, 2.05) is 0 Å². The maximum absolute atomic E-state index is 11.8. The Morgan fingerprint density at radius 3 is 2.68 bits per heavy atom. The first-order chi connectivity index (χ1) is 8.84. The van der Waals surface area contributed by atoms with Crippen molar-refractivity contribution in [2.24, 2.45) is 0 Å². The van der Waals surface area contributed by atoms with Crippen molar-refractivity contribution in [3.63, 3.8) is 0 Å². The molecule has 0 bridgehead atoms. The van der Waals surface area contributed by atoms with Gasteiger partial charge in [0.05, 0.1) is 22.7 Å². The number of nitriles is 1. The number of hydrogen-bond acceptors (Lipinski definition) is 5. The first-order valence-electron chi connectivity index (χ1n) is 5.70. The van der Waals surface area contributed by atoms with Gasteiger partial charge in [-0.25, -0.2) is 8.42 Å². The highest BCUT2D eigenvalue weighted by atomic mass is 79.9. The van der Waals surface area contributed by atoms with Crippen molar-refractivity contribution in [2.45, 2.75) is 18.9 Å². The van der Waals surface area contributed by atoms with E-state index in [-0.39, 0.29) is 25.3 Å². The van der Waals surface area contributed by atoms with Crippen molar-refractivity contribution in [2.75, 3.05) is 24.6 Å². The van der Waals surface area contributed by atoms with Crippen LogP contribution in [0.5, 0.6) is 0 Å². The van der Waals surface area contributed by atoms with Crippen LogP contribution in [0.1, 0.15) is 13.3 Å². The standard InChI is InChI=1S/C10H14BrN5O2S/c1-2-19(17,18)15-6-10(7-15,3-4-12)16-5-8(11)9(13)14-16/h5H,2-3,6-7H2,1H3,(H2,13,14). The zero-order valence-electron chi connectivity index (χ0n) is 10.4. The first kappa shape index (κ1) is 14.3. The van der Waals surface area contributed by atoms with E-state index in [1.54, 1.807) is 17.8 Å². The Kier molecular flexibility index (Phi) is 3.59. The topological polar surface area (TPSA) is 105 Å². The molecule has 1 aliphatic heterocycles. The number of halogens is 1. The molecule has 9 heteroatoms. The molecule has 0 radical (unpaired) electrons. The second-order valence-electron chi connectivity index (χ2n) is 4.53. The summed E-state index contributed by atoms with van der Waals surface area (Å²) in [6, 6.07) is 2.09. The summed E-state index contributed by atoms with van der Waals surface area (Å²) in [5.41, 5.74) is 5.05. The van der Waals surface area contributed by atoms with Crippen molar-refractivity contribution < 1.29 is 8.42 Å². The average molecular weight is 348 g/mol. The number of nitrogen functional groups attached to an aromatic ring is 1. The minimum absolute atomic E-state index is 0.0561. The minimum Gasteiger partial charge on any atom is -0.381 e. The van der Waals surface area contributed by atoms with Gasteiger partial charge in [0.25, 0.3) is 0 Å². The van der Waals surface area contributed by atoms with E-state index in [9.17, 15) is 8.42 Å². The van der Waals surface area contributed by atoms with Crippen LogP contribution in [0.25, 0.3) is 0 Å². The Labute approximate surface area is 120 Å². The fourth-order valence-corrected chi connectivity index (χ4v) is 3.60. The molecule has 2 N–H and O–H groups in total. The molecule has 0 saturated carbocycles. The molecule has 1 aromatic heterocycles. The van der Waals surface area contributed by atoms with Gasteiger partial charge in [0, 0.05) is 19.3 Å². The summed E-state index contributed by atoms with van der Waals surface area (Å²) in [7, 11) is -3.22. The number of aromatic nitrogens is 2. The fourth-order valence-electron chi connectivity index (χ4n) is 2.08. The molecule has 104 valence electrons. The maximum atomic E-state index is 11.8. The Balaban J connectivity index is 2.27. The third-order valence-corrected chi connectivity index (χ3v) is 5.68. The minimum atomic E-state index is -3.22. The predicted molar refractivity (Wildman–Crippen MR) is 73.6 cm³/mol. The maximum Gasteiger partial charge on any atom is 0.213 e. The van der Waals surface area contributed by atoms with Crippen molar-refractivity contribution in [3.05, 3.63) is 10.7 Å². The molecule has 1 saturated heterocycles. The number of sulfonamides is 1. The highest BCUT2D eigenvalue weighted by Gasteiger charge is 2.49. The SMILES string of the molecule is CCS(=O)(=O)N1CC(CC#N)(n2cc(Br)c(N)n2)C1. The van der Waals surface area contributed by atoms with Crippen LogP contribution in [0.15, 0.2) is 10.7 Å². The van der Waals surface area contributed by atoms with E-state index < -0.39 is 15.6 Å². The van der Waals surface area contributed by atoms with Crippen LogP contribution in [-0.4, -0.2) is 41.3 Å². The van der Waals surface area contributed by atoms with E-state index >= 15 is 0 Å². The van der Waals surface area contributed by atoms with Crippen molar-refractivity contribution >= 4 is 31.8 Å².